The van der Waals surface area contributed by atoms with Gasteiger partial charge in [0.2, 0.25) is 0 Å². The molecule has 162 valence electrons. The van der Waals surface area contributed by atoms with Crippen molar-refractivity contribution in [3.05, 3.63) is 81.6 Å². The van der Waals surface area contributed by atoms with Crippen molar-refractivity contribution >= 4 is 11.6 Å². The first-order chi connectivity index (χ1) is 14.9. The van der Waals surface area contributed by atoms with Crippen LogP contribution in [0.4, 0.5) is 13.2 Å². The second-order valence-corrected chi connectivity index (χ2v) is 9.25. The zero-order chi connectivity index (χ0) is 22.0. The summed E-state index contributed by atoms with van der Waals surface area (Å²) in [7, 11) is 0. The highest BCUT2D eigenvalue weighted by atomic mass is 35.5. The van der Waals surface area contributed by atoms with Crippen molar-refractivity contribution in [1.82, 2.24) is 0 Å². The maximum Gasteiger partial charge on any atom is 0.146 e. The molecule has 4 atom stereocenters. The van der Waals surface area contributed by atoms with E-state index in [4.69, 9.17) is 11.6 Å². The van der Waals surface area contributed by atoms with Gasteiger partial charge in [-0.05, 0) is 98.9 Å². The van der Waals surface area contributed by atoms with Crippen LogP contribution in [0.25, 0.3) is 0 Å². The van der Waals surface area contributed by atoms with Crippen LogP contribution < -0.4 is 0 Å². The topological polar surface area (TPSA) is 0 Å². The van der Waals surface area contributed by atoms with Gasteiger partial charge in [0.05, 0.1) is 5.56 Å². The van der Waals surface area contributed by atoms with Gasteiger partial charge in [-0.15, -0.1) is 0 Å². The second-order valence-electron chi connectivity index (χ2n) is 8.87. The van der Waals surface area contributed by atoms with Crippen molar-refractivity contribution in [2.24, 2.45) is 17.8 Å². The van der Waals surface area contributed by atoms with Crippen LogP contribution in [-0.2, 0) is 0 Å². The smallest absolute Gasteiger partial charge is 0.146 e. The lowest BCUT2D eigenvalue weighted by Gasteiger charge is -2.41. The summed E-state index contributed by atoms with van der Waals surface area (Å²) in [4.78, 5) is 0. The van der Waals surface area contributed by atoms with E-state index in [0.717, 1.165) is 48.3 Å². The Labute approximate surface area is 187 Å². The Morgan fingerprint density at radius 2 is 1.58 bits per heavy atom. The van der Waals surface area contributed by atoms with Crippen LogP contribution in [0.15, 0.2) is 42.5 Å². The molecular weight excluding hydrogens is 417 g/mol. The quantitative estimate of drug-likeness (QED) is 0.251. The third-order valence-electron chi connectivity index (χ3n) is 6.91. The highest BCUT2D eigenvalue weighted by Crippen LogP contribution is 2.47. The largest absolute Gasteiger partial charge is 0.206 e. The fourth-order valence-corrected chi connectivity index (χ4v) is 5.44. The first-order valence-electron chi connectivity index (χ1n) is 11.0. The summed E-state index contributed by atoms with van der Waals surface area (Å²) in [5, 5.41) is -0.564. The summed E-state index contributed by atoms with van der Waals surface area (Å²) in [5.74, 6) is 5.80. The summed E-state index contributed by atoms with van der Waals surface area (Å²) < 4.78 is 41.8. The molecule has 0 amide bonds. The Bertz CT molecular complexity index is 1020. The molecule has 0 saturated heterocycles. The molecule has 0 aliphatic heterocycles. The molecule has 2 fully saturated rings. The average Bonchev–Trinajstić information content (AvgIpc) is 2.76. The van der Waals surface area contributed by atoms with E-state index in [1.165, 1.54) is 25.7 Å². The van der Waals surface area contributed by atoms with E-state index in [-0.39, 0.29) is 16.9 Å². The van der Waals surface area contributed by atoms with E-state index >= 15 is 0 Å². The van der Waals surface area contributed by atoms with E-state index < -0.39 is 16.7 Å². The number of hydrogen-bond acceptors (Lipinski definition) is 0. The Hall–Kier alpha value is -2.18. The number of fused-ring (bicyclic) bond motifs is 1. The van der Waals surface area contributed by atoms with Gasteiger partial charge in [0, 0.05) is 5.56 Å². The van der Waals surface area contributed by atoms with Crippen LogP contribution >= 0.6 is 11.6 Å². The zero-order valence-corrected chi connectivity index (χ0v) is 18.4. The van der Waals surface area contributed by atoms with Crippen LogP contribution in [0.3, 0.4) is 0 Å². The molecular formula is C27H26ClF3. The fourth-order valence-electron chi connectivity index (χ4n) is 5.33. The van der Waals surface area contributed by atoms with E-state index in [1.54, 1.807) is 12.1 Å². The van der Waals surface area contributed by atoms with Gasteiger partial charge < -0.3 is 0 Å². The molecule has 4 heteroatoms. The van der Waals surface area contributed by atoms with E-state index in [0.29, 0.717) is 5.92 Å². The minimum absolute atomic E-state index is 0.120. The molecule has 0 aromatic heterocycles. The molecule has 0 spiro atoms. The first-order valence-corrected chi connectivity index (χ1v) is 11.4. The Morgan fingerprint density at radius 1 is 0.871 bits per heavy atom. The summed E-state index contributed by atoms with van der Waals surface area (Å²) in [6, 6.07) is 7.31. The predicted molar refractivity (Wildman–Crippen MR) is 119 cm³/mol. The van der Waals surface area contributed by atoms with Gasteiger partial charge in [0.25, 0.3) is 0 Å². The van der Waals surface area contributed by atoms with Crippen LogP contribution in [0.2, 0.25) is 5.02 Å². The van der Waals surface area contributed by atoms with Crippen molar-refractivity contribution in [3.8, 4) is 11.8 Å². The van der Waals surface area contributed by atoms with Crippen LogP contribution in [0.1, 0.15) is 68.1 Å². The monoisotopic (exact) mass is 442 g/mol. The van der Waals surface area contributed by atoms with E-state index in [2.05, 4.69) is 30.9 Å². The number of benzene rings is 2. The van der Waals surface area contributed by atoms with Crippen molar-refractivity contribution in [3.63, 3.8) is 0 Å². The maximum absolute atomic E-state index is 14.7. The minimum Gasteiger partial charge on any atom is -0.206 e. The van der Waals surface area contributed by atoms with Gasteiger partial charge in [0.1, 0.15) is 22.5 Å². The molecule has 2 aromatic carbocycles. The Balaban J connectivity index is 1.46. The predicted octanol–water partition coefficient (Wildman–Crippen LogP) is 8.03. The minimum atomic E-state index is -0.878. The first kappa shape index (κ1) is 22.0. The summed E-state index contributed by atoms with van der Waals surface area (Å²) in [5.41, 5.74) is 1.37. The SMILES string of the molecule is C/C=C/C1CCC2CC(c3ccc(C#Cc4cc(F)c(Cl)c(F)c4)c(F)c3)CCC2C1. The normalized spacial score (nSPS) is 25.7. The number of allylic oxidation sites excluding steroid dienone is 2. The highest BCUT2D eigenvalue weighted by molar-refractivity contribution is 6.30. The molecule has 4 rings (SSSR count). The van der Waals surface area contributed by atoms with Crippen molar-refractivity contribution in [2.45, 2.75) is 51.4 Å². The Morgan fingerprint density at radius 3 is 2.29 bits per heavy atom. The number of halogens is 4. The highest BCUT2D eigenvalue weighted by Gasteiger charge is 2.35. The Kier molecular flexibility index (Phi) is 6.77. The molecule has 2 aromatic rings. The standard InChI is InChI=1S/C27H26ClF3/c1-2-3-17-4-7-21-15-22(11-10-20(21)12-17)23-9-8-19(24(29)16-23)6-5-18-13-25(30)27(28)26(31)14-18/h2-3,8-9,13-14,16-17,20-22H,4,7,10-12,15H2,1H3/b3-2+. The van der Waals surface area contributed by atoms with Gasteiger partial charge in [-0.3, -0.25) is 0 Å². The van der Waals surface area contributed by atoms with Gasteiger partial charge in [0.15, 0.2) is 0 Å². The van der Waals surface area contributed by atoms with Gasteiger partial charge in [-0.25, -0.2) is 13.2 Å². The van der Waals surface area contributed by atoms with Gasteiger partial charge >= 0.3 is 0 Å². The third kappa shape index (κ3) is 5.01. The van der Waals surface area contributed by atoms with E-state index in [1.807, 2.05) is 6.07 Å². The lowest BCUT2D eigenvalue weighted by Crippen LogP contribution is -2.30. The molecule has 0 N–H and O–H groups in total. The molecule has 0 nitrogen and oxygen atoms in total. The number of hydrogen-bond donors (Lipinski definition) is 0. The zero-order valence-electron chi connectivity index (χ0n) is 17.6. The molecule has 0 bridgehead atoms. The van der Waals surface area contributed by atoms with Crippen LogP contribution in [-0.4, -0.2) is 0 Å². The summed E-state index contributed by atoms with van der Waals surface area (Å²) in [6.07, 6.45) is 11.8. The molecule has 2 saturated carbocycles. The maximum atomic E-state index is 14.7. The van der Waals surface area contributed by atoms with Crippen molar-refractivity contribution < 1.29 is 13.2 Å². The average molecular weight is 443 g/mol. The van der Waals surface area contributed by atoms with Gasteiger partial charge in [-0.2, -0.15) is 0 Å². The summed E-state index contributed by atoms with van der Waals surface area (Å²) >= 11 is 5.49. The molecule has 0 heterocycles. The van der Waals surface area contributed by atoms with Gasteiger partial charge in [-0.1, -0.05) is 41.7 Å². The molecule has 4 unspecified atom stereocenters. The lowest BCUT2D eigenvalue weighted by atomic mass is 9.64. The lowest BCUT2D eigenvalue weighted by molar-refractivity contribution is 0.133. The van der Waals surface area contributed by atoms with Crippen LogP contribution in [0, 0.1) is 47.0 Å². The van der Waals surface area contributed by atoms with Crippen molar-refractivity contribution in [1.29, 1.82) is 0 Å². The summed E-state index contributed by atoms with van der Waals surface area (Å²) in [6.45, 7) is 2.09. The molecule has 31 heavy (non-hydrogen) atoms. The fraction of sp³-hybridized carbons (Fsp3) is 0.407. The molecule has 2 aliphatic carbocycles. The van der Waals surface area contributed by atoms with Crippen molar-refractivity contribution in [2.75, 3.05) is 0 Å². The second kappa shape index (κ2) is 9.53. The third-order valence-corrected chi connectivity index (χ3v) is 7.27. The van der Waals surface area contributed by atoms with Crippen LogP contribution in [0.5, 0.6) is 0 Å². The van der Waals surface area contributed by atoms with E-state index in [9.17, 15) is 13.2 Å². The molecule has 2 aliphatic rings. The molecule has 0 radical (unpaired) electrons. The number of rotatable bonds is 2.